The zero-order chi connectivity index (χ0) is 13.2. The van der Waals surface area contributed by atoms with Crippen LogP contribution in [0.5, 0.6) is 0 Å². The molecule has 4 heteroatoms. The Kier molecular flexibility index (Phi) is 3.36. The van der Waals surface area contributed by atoms with E-state index in [-0.39, 0.29) is 11.9 Å². The molecule has 0 radical (unpaired) electrons. The van der Waals surface area contributed by atoms with Gasteiger partial charge in [0.15, 0.2) is 0 Å². The number of carbonyl (C=O) groups is 1. The number of aryl methyl sites for hydroxylation is 1. The predicted molar refractivity (Wildman–Crippen MR) is 78.6 cm³/mol. The quantitative estimate of drug-likeness (QED) is 0.898. The van der Waals surface area contributed by atoms with Gasteiger partial charge < -0.3 is 10.6 Å². The Labute approximate surface area is 116 Å². The average molecular weight is 272 g/mol. The van der Waals surface area contributed by atoms with Gasteiger partial charge in [-0.25, -0.2) is 0 Å². The molecule has 2 N–H and O–H groups in total. The van der Waals surface area contributed by atoms with E-state index in [1.54, 1.807) is 11.3 Å². The van der Waals surface area contributed by atoms with Gasteiger partial charge in [0.05, 0.1) is 0 Å². The zero-order valence-corrected chi connectivity index (χ0v) is 11.6. The molecule has 0 spiro atoms. The highest BCUT2D eigenvalue weighted by Crippen LogP contribution is 2.31. The van der Waals surface area contributed by atoms with Gasteiger partial charge >= 0.3 is 0 Å². The van der Waals surface area contributed by atoms with E-state index in [1.165, 1.54) is 10.4 Å². The Bertz CT molecular complexity index is 592. The highest BCUT2D eigenvalue weighted by Gasteiger charge is 2.29. The number of carbonyl (C=O) groups excluding carboxylic acids is 1. The normalized spacial score (nSPS) is 17.3. The molecule has 1 aromatic heterocycles. The van der Waals surface area contributed by atoms with Gasteiger partial charge in [-0.05, 0) is 30.9 Å². The van der Waals surface area contributed by atoms with E-state index in [0.717, 1.165) is 24.2 Å². The van der Waals surface area contributed by atoms with Crippen molar-refractivity contribution in [3.05, 3.63) is 51.7 Å². The summed E-state index contributed by atoms with van der Waals surface area (Å²) in [7, 11) is 0. The number of amides is 1. The van der Waals surface area contributed by atoms with Gasteiger partial charge in [-0.3, -0.25) is 4.79 Å². The molecule has 0 saturated heterocycles. The number of rotatable bonds is 4. The largest absolute Gasteiger partial charge is 0.324 e. The first-order valence-corrected chi connectivity index (χ1v) is 7.29. The maximum absolute atomic E-state index is 12.0. The standard InChI is InChI=1S/C15H16N2OS/c1-10-4-5-13-12(9-10)14(15(18)17-13)16-7-6-11-3-2-8-19-11/h2-5,8-9,14,16H,6-7H2,1H3,(H,17,18). The zero-order valence-electron chi connectivity index (χ0n) is 10.8. The minimum Gasteiger partial charge on any atom is -0.324 e. The van der Waals surface area contributed by atoms with Crippen LogP contribution in [-0.4, -0.2) is 12.5 Å². The van der Waals surface area contributed by atoms with Crippen molar-refractivity contribution >= 4 is 22.9 Å². The Balaban J connectivity index is 1.68. The Hall–Kier alpha value is -1.65. The summed E-state index contributed by atoms with van der Waals surface area (Å²) < 4.78 is 0. The minimum absolute atomic E-state index is 0.0479. The highest BCUT2D eigenvalue weighted by atomic mass is 32.1. The number of hydrogen-bond donors (Lipinski definition) is 2. The third kappa shape index (κ3) is 2.55. The van der Waals surface area contributed by atoms with E-state index in [1.807, 2.05) is 19.1 Å². The maximum atomic E-state index is 12.0. The number of thiophene rings is 1. The average Bonchev–Trinajstić information content (AvgIpc) is 2.99. The first kappa shape index (κ1) is 12.4. The van der Waals surface area contributed by atoms with Crippen molar-refractivity contribution in [3.63, 3.8) is 0 Å². The molecule has 1 atom stereocenters. The van der Waals surface area contributed by atoms with Crippen LogP contribution in [0.4, 0.5) is 5.69 Å². The summed E-state index contributed by atoms with van der Waals surface area (Å²) in [5.41, 5.74) is 3.18. The van der Waals surface area contributed by atoms with Gasteiger partial charge in [0.1, 0.15) is 6.04 Å². The second-order valence-corrected chi connectivity index (χ2v) is 5.83. The number of nitrogens with one attached hydrogen (secondary N) is 2. The highest BCUT2D eigenvalue weighted by molar-refractivity contribution is 7.09. The van der Waals surface area contributed by atoms with E-state index < -0.39 is 0 Å². The summed E-state index contributed by atoms with van der Waals surface area (Å²) in [5, 5.41) is 8.35. The summed E-state index contributed by atoms with van der Waals surface area (Å²) in [6.45, 7) is 2.86. The van der Waals surface area contributed by atoms with Gasteiger partial charge in [-0.1, -0.05) is 23.8 Å². The molecule has 0 bridgehead atoms. The van der Waals surface area contributed by atoms with Gasteiger partial charge in [-0.2, -0.15) is 0 Å². The summed E-state index contributed by atoms with van der Waals surface area (Å²) in [6, 6.07) is 10.0. The van der Waals surface area contributed by atoms with E-state index in [2.05, 4.69) is 34.2 Å². The molecule has 2 aromatic rings. The molecule has 1 aliphatic heterocycles. The lowest BCUT2D eigenvalue weighted by molar-refractivity contribution is -0.117. The Morgan fingerprint density at radius 1 is 1.37 bits per heavy atom. The Morgan fingerprint density at radius 3 is 3.05 bits per heavy atom. The molecule has 1 aliphatic rings. The lowest BCUT2D eigenvalue weighted by Crippen LogP contribution is -2.29. The number of hydrogen-bond acceptors (Lipinski definition) is 3. The fourth-order valence-electron chi connectivity index (χ4n) is 2.38. The van der Waals surface area contributed by atoms with Crippen LogP contribution >= 0.6 is 11.3 Å². The molecule has 98 valence electrons. The van der Waals surface area contributed by atoms with Crippen molar-refractivity contribution < 1.29 is 4.79 Å². The van der Waals surface area contributed by atoms with Crippen LogP contribution in [0.25, 0.3) is 0 Å². The van der Waals surface area contributed by atoms with E-state index in [4.69, 9.17) is 0 Å². The fourth-order valence-corrected chi connectivity index (χ4v) is 3.09. The fraction of sp³-hybridized carbons (Fsp3) is 0.267. The summed E-state index contributed by atoms with van der Waals surface area (Å²) in [6.07, 6.45) is 0.961. The molecule has 2 heterocycles. The molecule has 1 unspecified atom stereocenters. The lowest BCUT2D eigenvalue weighted by atomic mass is 10.1. The molecule has 19 heavy (non-hydrogen) atoms. The maximum Gasteiger partial charge on any atom is 0.246 e. The summed E-state index contributed by atoms with van der Waals surface area (Å²) in [4.78, 5) is 13.3. The molecule has 3 rings (SSSR count). The van der Waals surface area contributed by atoms with Crippen molar-refractivity contribution in [1.29, 1.82) is 0 Å². The second kappa shape index (κ2) is 5.15. The van der Waals surface area contributed by atoms with Gasteiger partial charge in [0.2, 0.25) is 5.91 Å². The summed E-state index contributed by atoms with van der Waals surface area (Å²) in [5.74, 6) is 0.0479. The number of benzene rings is 1. The van der Waals surface area contributed by atoms with E-state index in [0.29, 0.717) is 0 Å². The van der Waals surface area contributed by atoms with Crippen molar-refractivity contribution in [2.75, 3.05) is 11.9 Å². The van der Waals surface area contributed by atoms with E-state index >= 15 is 0 Å². The van der Waals surface area contributed by atoms with Crippen LogP contribution in [-0.2, 0) is 11.2 Å². The van der Waals surface area contributed by atoms with Crippen LogP contribution < -0.4 is 10.6 Å². The van der Waals surface area contributed by atoms with Crippen molar-refractivity contribution in [2.24, 2.45) is 0 Å². The van der Waals surface area contributed by atoms with E-state index in [9.17, 15) is 4.79 Å². The minimum atomic E-state index is -0.213. The molecule has 0 fully saturated rings. The second-order valence-electron chi connectivity index (χ2n) is 4.80. The smallest absolute Gasteiger partial charge is 0.246 e. The lowest BCUT2D eigenvalue weighted by Gasteiger charge is -2.11. The molecule has 1 aromatic carbocycles. The molecular formula is C15H16N2OS. The first-order valence-electron chi connectivity index (χ1n) is 6.41. The van der Waals surface area contributed by atoms with Crippen molar-refractivity contribution in [2.45, 2.75) is 19.4 Å². The number of fused-ring (bicyclic) bond motifs is 1. The summed E-state index contributed by atoms with van der Waals surface area (Å²) >= 11 is 1.75. The van der Waals surface area contributed by atoms with Crippen molar-refractivity contribution in [3.8, 4) is 0 Å². The van der Waals surface area contributed by atoms with Crippen LogP contribution in [0.1, 0.15) is 22.0 Å². The molecule has 0 saturated carbocycles. The Morgan fingerprint density at radius 2 is 2.26 bits per heavy atom. The van der Waals surface area contributed by atoms with Crippen LogP contribution in [0.2, 0.25) is 0 Å². The topological polar surface area (TPSA) is 41.1 Å². The van der Waals surface area contributed by atoms with Crippen LogP contribution in [0.3, 0.4) is 0 Å². The van der Waals surface area contributed by atoms with Gasteiger partial charge in [0.25, 0.3) is 0 Å². The molecular weight excluding hydrogens is 256 g/mol. The molecule has 3 nitrogen and oxygen atoms in total. The van der Waals surface area contributed by atoms with Crippen LogP contribution in [0, 0.1) is 6.92 Å². The monoisotopic (exact) mass is 272 g/mol. The molecule has 1 amide bonds. The third-order valence-electron chi connectivity index (χ3n) is 3.34. The SMILES string of the molecule is Cc1ccc2c(c1)C(NCCc1cccs1)C(=O)N2. The van der Waals surface area contributed by atoms with Gasteiger partial charge in [-0.15, -0.1) is 11.3 Å². The van der Waals surface area contributed by atoms with Crippen LogP contribution in [0.15, 0.2) is 35.7 Å². The van der Waals surface area contributed by atoms with Gasteiger partial charge in [0, 0.05) is 22.7 Å². The number of anilines is 1. The molecule has 0 aliphatic carbocycles. The first-order chi connectivity index (χ1) is 9.24. The predicted octanol–water partition coefficient (Wildman–Crippen LogP) is 2.88. The third-order valence-corrected chi connectivity index (χ3v) is 4.27. The van der Waals surface area contributed by atoms with Crippen molar-refractivity contribution in [1.82, 2.24) is 5.32 Å².